The highest BCUT2D eigenvalue weighted by Gasteiger charge is 2.41. The number of hydrogen-bond acceptors (Lipinski definition) is 5. The highest BCUT2D eigenvalue weighted by atomic mass is 16.5. The van der Waals surface area contributed by atoms with E-state index in [4.69, 9.17) is 9.47 Å². The predicted molar refractivity (Wildman–Crippen MR) is 85.1 cm³/mol. The Hall–Kier alpha value is -1.17. The van der Waals surface area contributed by atoms with E-state index >= 15 is 0 Å². The molecule has 3 heterocycles. The van der Waals surface area contributed by atoms with Crippen LogP contribution >= 0.6 is 0 Å². The Morgan fingerprint density at radius 2 is 2.18 bits per heavy atom. The first-order valence-corrected chi connectivity index (χ1v) is 8.42. The Labute approximate surface area is 132 Å². The Bertz CT molecular complexity index is 494. The minimum Gasteiger partial charge on any atom is -0.376 e. The van der Waals surface area contributed by atoms with Gasteiger partial charge in [0, 0.05) is 32.4 Å². The fourth-order valence-corrected chi connectivity index (χ4v) is 3.59. The fourth-order valence-electron chi connectivity index (χ4n) is 3.59. The van der Waals surface area contributed by atoms with E-state index in [1.807, 2.05) is 18.5 Å². The first kappa shape index (κ1) is 14.4. The monoisotopic (exact) mass is 303 g/mol. The summed E-state index contributed by atoms with van der Waals surface area (Å²) in [5, 5.41) is 0. The molecule has 0 unspecified atom stereocenters. The zero-order chi connectivity index (χ0) is 14.8. The second-order valence-electron chi connectivity index (χ2n) is 6.90. The first-order chi connectivity index (χ1) is 10.8. The molecule has 1 spiro atoms. The summed E-state index contributed by atoms with van der Waals surface area (Å²) in [6, 6.07) is 4.12. The molecular weight excluding hydrogens is 278 g/mol. The van der Waals surface area contributed by atoms with Crippen LogP contribution in [0.3, 0.4) is 0 Å². The Morgan fingerprint density at radius 3 is 3.00 bits per heavy atom. The number of pyridine rings is 1. The summed E-state index contributed by atoms with van der Waals surface area (Å²) in [4.78, 5) is 9.20. The number of anilines is 1. The molecule has 1 saturated carbocycles. The number of nitrogens with zero attached hydrogens (tertiary/aromatic N) is 3. The summed E-state index contributed by atoms with van der Waals surface area (Å²) >= 11 is 0. The normalized spacial score (nSPS) is 30.5. The first-order valence-electron chi connectivity index (χ1n) is 8.42. The van der Waals surface area contributed by atoms with Crippen LogP contribution in [0.25, 0.3) is 0 Å². The van der Waals surface area contributed by atoms with Gasteiger partial charge in [-0.1, -0.05) is 0 Å². The highest BCUT2D eigenvalue weighted by Crippen LogP contribution is 2.32. The van der Waals surface area contributed by atoms with E-state index in [9.17, 15) is 0 Å². The van der Waals surface area contributed by atoms with E-state index in [1.54, 1.807) is 0 Å². The number of morpholine rings is 1. The molecule has 120 valence electrons. The van der Waals surface area contributed by atoms with Crippen molar-refractivity contribution >= 4 is 5.69 Å². The summed E-state index contributed by atoms with van der Waals surface area (Å²) in [5.41, 5.74) is 0.967. The van der Waals surface area contributed by atoms with E-state index in [2.05, 4.69) is 20.9 Å². The van der Waals surface area contributed by atoms with Crippen molar-refractivity contribution in [3.05, 3.63) is 24.5 Å². The SMILES string of the molecule is c1cncc(N2CCOC[C@@]3(CN(CC4CC4)CCO3)C2)c1. The molecule has 4 rings (SSSR count). The third-order valence-electron chi connectivity index (χ3n) is 4.90. The maximum Gasteiger partial charge on any atom is 0.121 e. The van der Waals surface area contributed by atoms with Crippen LogP contribution in [-0.4, -0.2) is 68.0 Å². The van der Waals surface area contributed by atoms with Crippen molar-refractivity contribution in [1.29, 1.82) is 0 Å². The van der Waals surface area contributed by atoms with Crippen molar-refractivity contribution in [2.24, 2.45) is 5.92 Å². The summed E-state index contributed by atoms with van der Waals surface area (Å²) in [6.07, 6.45) is 6.57. The molecule has 1 aromatic heterocycles. The van der Waals surface area contributed by atoms with E-state index in [-0.39, 0.29) is 5.60 Å². The quantitative estimate of drug-likeness (QED) is 0.844. The summed E-state index contributed by atoms with van der Waals surface area (Å²) in [7, 11) is 0. The van der Waals surface area contributed by atoms with Crippen LogP contribution in [0.4, 0.5) is 5.69 Å². The molecule has 5 heteroatoms. The number of hydrogen-bond donors (Lipinski definition) is 0. The van der Waals surface area contributed by atoms with E-state index in [0.717, 1.165) is 51.0 Å². The summed E-state index contributed by atoms with van der Waals surface area (Å²) in [6.45, 7) is 7.34. The molecule has 22 heavy (non-hydrogen) atoms. The molecule has 1 aliphatic carbocycles. The lowest BCUT2D eigenvalue weighted by Crippen LogP contribution is -2.59. The Balaban J connectivity index is 1.49. The number of rotatable bonds is 3. The minimum absolute atomic E-state index is 0.195. The van der Waals surface area contributed by atoms with Gasteiger partial charge >= 0.3 is 0 Å². The van der Waals surface area contributed by atoms with Crippen LogP contribution in [0.1, 0.15) is 12.8 Å². The van der Waals surface area contributed by atoms with Crippen LogP contribution in [0.5, 0.6) is 0 Å². The Kier molecular flexibility index (Phi) is 4.03. The number of aromatic nitrogens is 1. The van der Waals surface area contributed by atoms with Gasteiger partial charge in [-0.3, -0.25) is 9.88 Å². The predicted octanol–water partition coefficient (Wildman–Crippen LogP) is 1.40. The molecule has 5 nitrogen and oxygen atoms in total. The molecule has 0 aromatic carbocycles. The second kappa shape index (κ2) is 6.14. The molecule has 2 aliphatic heterocycles. The van der Waals surface area contributed by atoms with Crippen molar-refractivity contribution in [2.75, 3.05) is 57.4 Å². The molecule has 0 amide bonds. The molecule has 0 bridgehead atoms. The van der Waals surface area contributed by atoms with Gasteiger partial charge in [0.1, 0.15) is 5.60 Å². The Morgan fingerprint density at radius 1 is 1.23 bits per heavy atom. The highest BCUT2D eigenvalue weighted by molar-refractivity contribution is 5.44. The maximum atomic E-state index is 6.24. The van der Waals surface area contributed by atoms with Gasteiger partial charge in [0.05, 0.1) is 38.2 Å². The largest absolute Gasteiger partial charge is 0.376 e. The molecule has 0 N–H and O–H groups in total. The molecule has 1 atom stereocenters. The summed E-state index contributed by atoms with van der Waals surface area (Å²) < 4.78 is 12.1. The molecule has 1 aromatic rings. The fraction of sp³-hybridized carbons (Fsp3) is 0.706. The molecule has 0 radical (unpaired) electrons. The van der Waals surface area contributed by atoms with Gasteiger partial charge < -0.3 is 14.4 Å². The van der Waals surface area contributed by atoms with Crippen molar-refractivity contribution in [2.45, 2.75) is 18.4 Å². The molecular formula is C17H25N3O2. The van der Waals surface area contributed by atoms with Crippen LogP contribution < -0.4 is 4.90 Å². The van der Waals surface area contributed by atoms with Crippen molar-refractivity contribution < 1.29 is 9.47 Å². The minimum atomic E-state index is -0.195. The third-order valence-corrected chi connectivity index (χ3v) is 4.90. The summed E-state index contributed by atoms with van der Waals surface area (Å²) in [5.74, 6) is 0.927. The smallest absolute Gasteiger partial charge is 0.121 e. The maximum absolute atomic E-state index is 6.24. The topological polar surface area (TPSA) is 37.8 Å². The number of ether oxygens (including phenoxy) is 2. The van der Waals surface area contributed by atoms with Crippen LogP contribution in [0.15, 0.2) is 24.5 Å². The average Bonchev–Trinajstić information content (AvgIpc) is 3.37. The lowest BCUT2D eigenvalue weighted by atomic mass is 10.0. The van der Waals surface area contributed by atoms with E-state index in [1.165, 1.54) is 19.4 Å². The second-order valence-corrected chi connectivity index (χ2v) is 6.90. The van der Waals surface area contributed by atoms with Crippen molar-refractivity contribution in [3.8, 4) is 0 Å². The van der Waals surface area contributed by atoms with Gasteiger partial charge in [-0.05, 0) is 30.9 Å². The lowest BCUT2D eigenvalue weighted by molar-refractivity contribution is -0.133. The van der Waals surface area contributed by atoms with Gasteiger partial charge in [-0.2, -0.15) is 0 Å². The van der Waals surface area contributed by atoms with E-state index < -0.39 is 0 Å². The zero-order valence-corrected chi connectivity index (χ0v) is 13.1. The average molecular weight is 303 g/mol. The van der Waals surface area contributed by atoms with Crippen LogP contribution in [0.2, 0.25) is 0 Å². The zero-order valence-electron chi connectivity index (χ0n) is 13.1. The van der Waals surface area contributed by atoms with Crippen LogP contribution in [-0.2, 0) is 9.47 Å². The van der Waals surface area contributed by atoms with E-state index in [0.29, 0.717) is 6.61 Å². The van der Waals surface area contributed by atoms with Crippen molar-refractivity contribution in [1.82, 2.24) is 9.88 Å². The van der Waals surface area contributed by atoms with Gasteiger partial charge in [0.15, 0.2) is 0 Å². The van der Waals surface area contributed by atoms with Crippen LogP contribution in [0, 0.1) is 5.92 Å². The molecule has 3 fully saturated rings. The van der Waals surface area contributed by atoms with Gasteiger partial charge in [0.2, 0.25) is 0 Å². The van der Waals surface area contributed by atoms with Crippen molar-refractivity contribution in [3.63, 3.8) is 0 Å². The molecule has 2 saturated heterocycles. The van der Waals surface area contributed by atoms with Gasteiger partial charge in [-0.15, -0.1) is 0 Å². The molecule has 3 aliphatic rings. The third kappa shape index (κ3) is 3.26. The standard InChI is InChI=1S/C17H25N3O2/c1-2-16(10-18-5-1)20-7-8-21-14-17(13-20)12-19(6-9-22-17)11-15-3-4-15/h1-2,5,10,15H,3-4,6-9,11-14H2/t17-/m1/s1. The van der Waals surface area contributed by atoms with Gasteiger partial charge in [0.25, 0.3) is 0 Å². The van der Waals surface area contributed by atoms with Gasteiger partial charge in [-0.25, -0.2) is 0 Å². The lowest BCUT2D eigenvalue weighted by Gasteiger charge is -2.43.